The SMILES string of the molecule is CCC(=O)N1CC[C@H](NCc2ccc(C(=O)NC)cc2)[C@@H](C)C1. The van der Waals surface area contributed by atoms with E-state index in [1.165, 1.54) is 0 Å². The summed E-state index contributed by atoms with van der Waals surface area (Å²) in [6.07, 6.45) is 1.58. The number of amides is 2. The maximum absolute atomic E-state index is 11.8. The second-order valence-corrected chi connectivity index (χ2v) is 6.22. The molecule has 1 aliphatic rings. The van der Waals surface area contributed by atoms with Crippen LogP contribution in [0.1, 0.15) is 42.6 Å². The minimum atomic E-state index is -0.0638. The monoisotopic (exact) mass is 317 g/mol. The molecular formula is C18H27N3O2. The van der Waals surface area contributed by atoms with Crippen molar-refractivity contribution in [1.29, 1.82) is 0 Å². The van der Waals surface area contributed by atoms with E-state index in [-0.39, 0.29) is 11.8 Å². The van der Waals surface area contributed by atoms with Crippen molar-refractivity contribution in [3.05, 3.63) is 35.4 Å². The molecule has 23 heavy (non-hydrogen) atoms. The molecule has 2 rings (SSSR count). The van der Waals surface area contributed by atoms with E-state index in [9.17, 15) is 9.59 Å². The van der Waals surface area contributed by atoms with Crippen LogP contribution < -0.4 is 10.6 Å². The maximum atomic E-state index is 11.8. The average Bonchev–Trinajstić information content (AvgIpc) is 2.59. The molecule has 0 spiro atoms. The lowest BCUT2D eigenvalue weighted by Crippen LogP contribution is -2.49. The van der Waals surface area contributed by atoms with E-state index in [0.717, 1.165) is 31.6 Å². The summed E-state index contributed by atoms with van der Waals surface area (Å²) in [6.45, 7) is 6.57. The highest BCUT2D eigenvalue weighted by molar-refractivity contribution is 5.93. The number of nitrogens with zero attached hydrogens (tertiary/aromatic N) is 1. The summed E-state index contributed by atoms with van der Waals surface area (Å²) in [6, 6.07) is 8.09. The molecule has 0 radical (unpaired) electrons. The summed E-state index contributed by atoms with van der Waals surface area (Å²) in [7, 11) is 1.63. The van der Waals surface area contributed by atoms with E-state index in [1.54, 1.807) is 7.05 Å². The highest BCUT2D eigenvalue weighted by Crippen LogP contribution is 2.18. The van der Waals surface area contributed by atoms with Crippen molar-refractivity contribution in [1.82, 2.24) is 15.5 Å². The highest BCUT2D eigenvalue weighted by Gasteiger charge is 2.27. The fourth-order valence-electron chi connectivity index (χ4n) is 3.07. The molecule has 1 fully saturated rings. The summed E-state index contributed by atoms with van der Waals surface area (Å²) < 4.78 is 0. The van der Waals surface area contributed by atoms with Gasteiger partial charge >= 0.3 is 0 Å². The van der Waals surface area contributed by atoms with Crippen LogP contribution in [0.4, 0.5) is 0 Å². The van der Waals surface area contributed by atoms with Gasteiger partial charge in [0.2, 0.25) is 5.91 Å². The molecule has 0 saturated carbocycles. The Morgan fingerprint density at radius 1 is 1.26 bits per heavy atom. The van der Waals surface area contributed by atoms with Crippen molar-refractivity contribution in [3.63, 3.8) is 0 Å². The van der Waals surface area contributed by atoms with Crippen LogP contribution in [0.2, 0.25) is 0 Å². The number of benzene rings is 1. The highest BCUT2D eigenvalue weighted by atomic mass is 16.2. The van der Waals surface area contributed by atoms with Gasteiger partial charge in [0.1, 0.15) is 0 Å². The number of carbonyl (C=O) groups excluding carboxylic acids is 2. The molecule has 0 aliphatic carbocycles. The van der Waals surface area contributed by atoms with Crippen molar-refractivity contribution in [2.24, 2.45) is 5.92 Å². The molecular weight excluding hydrogens is 290 g/mol. The van der Waals surface area contributed by atoms with Gasteiger partial charge < -0.3 is 15.5 Å². The molecule has 2 N–H and O–H groups in total. The van der Waals surface area contributed by atoms with Crippen LogP contribution in [0.25, 0.3) is 0 Å². The summed E-state index contributed by atoms with van der Waals surface area (Å²) >= 11 is 0. The predicted molar refractivity (Wildman–Crippen MR) is 91.1 cm³/mol. The quantitative estimate of drug-likeness (QED) is 0.870. The molecule has 1 saturated heterocycles. The zero-order valence-electron chi connectivity index (χ0n) is 14.3. The van der Waals surface area contributed by atoms with Crippen LogP contribution in [0.3, 0.4) is 0 Å². The van der Waals surface area contributed by atoms with Gasteiger partial charge in [-0.1, -0.05) is 26.0 Å². The first-order valence-electron chi connectivity index (χ1n) is 8.37. The van der Waals surface area contributed by atoms with Gasteiger partial charge in [-0.3, -0.25) is 9.59 Å². The standard InChI is InChI=1S/C18H27N3O2/c1-4-17(22)21-10-9-16(13(2)12-21)20-11-14-5-7-15(8-6-14)18(23)19-3/h5-8,13,16,20H,4,9-12H2,1-3H3,(H,19,23)/t13-,16-/m0/s1. The Kier molecular flexibility index (Phi) is 6.16. The Bertz CT molecular complexity index is 542. The van der Waals surface area contributed by atoms with Gasteiger partial charge in [-0.2, -0.15) is 0 Å². The Balaban J connectivity index is 1.84. The van der Waals surface area contributed by atoms with Gasteiger partial charge in [0.15, 0.2) is 0 Å². The van der Waals surface area contributed by atoms with Crippen LogP contribution in [-0.2, 0) is 11.3 Å². The van der Waals surface area contributed by atoms with Crippen LogP contribution in [0.5, 0.6) is 0 Å². The fraction of sp³-hybridized carbons (Fsp3) is 0.556. The normalized spacial score (nSPS) is 21.1. The number of carbonyl (C=O) groups is 2. The molecule has 1 aliphatic heterocycles. The molecule has 1 aromatic carbocycles. The molecule has 5 nitrogen and oxygen atoms in total. The zero-order valence-corrected chi connectivity index (χ0v) is 14.3. The molecule has 1 aromatic rings. The maximum Gasteiger partial charge on any atom is 0.251 e. The topological polar surface area (TPSA) is 61.4 Å². The van der Waals surface area contributed by atoms with E-state index >= 15 is 0 Å². The van der Waals surface area contributed by atoms with Crippen molar-refractivity contribution in [3.8, 4) is 0 Å². The van der Waals surface area contributed by atoms with Gasteiger partial charge in [0.25, 0.3) is 5.91 Å². The predicted octanol–water partition coefficient (Wildman–Crippen LogP) is 1.78. The number of hydrogen-bond donors (Lipinski definition) is 2. The molecule has 1 heterocycles. The second kappa shape index (κ2) is 8.11. The number of hydrogen-bond acceptors (Lipinski definition) is 3. The van der Waals surface area contributed by atoms with Crippen LogP contribution in [0, 0.1) is 5.92 Å². The lowest BCUT2D eigenvalue weighted by atomic mass is 9.93. The molecule has 0 unspecified atom stereocenters. The van der Waals surface area contributed by atoms with Crippen molar-refractivity contribution in [2.45, 2.75) is 39.3 Å². The van der Waals surface area contributed by atoms with Crippen LogP contribution >= 0.6 is 0 Å². The van der Waals surface area contributed by atoms with Gasteiger partial charge in [0, 0.05) is 44.7 Å². The Labute approximate surface area is 138 Å². The van der Waals surface area contributed by atoms with E-state index in [2.05, 4.69) is 17.6 Å². The van der Waals surface area contributed by atoms with Crippen molar-refractivity contribution >= 4 is 11.8 Å². The van der Waals surface area contributed by atoms with E-state index in [4.69, 9.17) is 0 Å². The Morgan fingerprint density at radius 2 is 1.96 bits per heavy atom. The van der Waals surface area contributed by atoms with Crippen LogP contribution in [0.15, 0.2) is 24.3 Å². The van der Waals surface area contributed by atoms with E-state index < -0.39 is 0 Å². The first-order chi connectivity index (χ1) is 11.0. The first kappa shape index (κ1) is 17.5. The minimum Gasteiger partial charge on any atom is -0.355 e. The zero-order chi connectivity index (χ0) is 16.8. The van der Waals surface area contributed by atoms with Crippen molar-refractivity contribution < 1.29 is 9.59 Å². The van der Waals surface area contributed by atoms with Gasteiger partial charge in [-0.25, -0.2) is 0 Å². The molecule has 5 heteroatoms. The van der Waals surface area contributed by atoms with E-state index in [1.807, 2.05) is 36.1 Å². The largest absolute Gasteiger partial charge is 0.355 e. The lowest BCUT2D eigenvalue weighted by molar-refractivity contribution is -0.132. The third-order valence-corrected chi connectivity index (χ3v) is 4.57. The second-order valence-electron chi connectivity index (χ2n) is 6.22. The third-order valence-electron chi connectivity index (χ3n) is 4.57. The molecule has 0 bridgehead atoms. The number of nitrogens with one attached hydrogen (secondary N) is 2. The summed E-state index contributed by atoms with van der Waals surface area (Å²) in [5.74, 6) is 0.635. The molecule has 126 valence electrons. The minimum absolute atomic E-state index is 0.0638. The average molecular weight is 317 g/mol. The molecule has 2 atom stereocenters. The van der Waals surface area contributed by atoms with E-state index in [0.29, 0.717) is 23.9 Å². The Morgan fingerprint density at radius 3 is 2.52 bits per heavy atom. The molecule has 2 amide bonds. The molecule has 0 aromatic heterocycles. The van der Waals surface area contributed by atoms with Gasteiger partial charge in [-0.05, 0) is 30.0 Å². The number of piperidine rings is 1. The first-order valence-corrected chi connectivity index (χ1v) is 8.37. The fourth-order valence-corrected chi connectivity index (χ4v) is 3.07. The van der Waals surface area contributed by atoms with Gasteiger partial charge in [-0.15, -0.1) is 0 Å². The number of rotatable bonds is 5. The van der Waals surface area contributed by atoms with Gasteiger partial charge in [0.05, 0.1) is 0 Å². The van der Waals surface area contributed by atoms with Crippen LogP contribution in [-0.4, -0.2) is 42.9 Å². The number of likely N-dealkylation sites (tertiary alicyclic amines) is 1. The Hall–Kier alpha value is -1.88. The summed E-state index contributed by atoms with van der Waals surface area (Å²) in [4.78, 5) is 25.3. The van der Waals surface area contributed by atoms with Crippen molar-refractivity contribution in [2.75, 3.05) is 20.1 Å². The summed E-state index contributed by atoms with van der Waals surface area (Å²) in [5, 5.41) is 6.21. The smallest absolute Gasteiger partial charge is 0.251 e. The third kappa shape index (κ3) is 4.55. The summed E-state index contributed by atoms with van der Waals surface area (Å²) in [5.41, 5.74) is 1.84. The lowest BCUT2D eigenvalue weighted by Gasteiger charge is -2.37.